The Labute approximate surface area is 187 Å². The van der Waals surface area contributed by atoms with Crippen LogP contribution < -0.4 is 0 Å². The number of phenols is 1. The van der Waals surface area contributed by atoms with Gasteiger partial charge in [-0.2, -0.15) is 0 Å². The third kappa shape index (κ3) is 4.42. The van der Waals surface area contributed by atoms with Gasteiger partial charge in [-0.3, -0.25) is 0 Å². The summed E-state index contributed by atoms with van der Waals surface area (Å²) < 4.78 is 42.7. The Hall–Kier alpha value is -3.79. The van der Waals surface area contributed by atoms with Gasteiger partial charge in [-0.05, 0) is 48.4 Å². The molecule has 2 heterocycles. The molecule has 10 heteroatoms. The van der Waals surface area contributed by atoms with E-state index in [9.17, 15) is 23.4 Å². The lowest BCUT2D eigenvalue weighted by molar-refractivity contribution is -0.0426. The highest BCUT2D eigenvalue weighted by Gasteiger charge is 2.34. The second-order valence-electron chi connectivity index (χ2n) is 7.63. The zero-order chi connectivity index (χ0) is 23.7. The molecule has 0 bridgehead atoms. The van der Waals surface area contributed by atoms with Crippen LogP contribution in [0.15, 0.2) is 54.1 Å². The van der Waals surface area contributed by atoms with Crippen molar-refractivity contribution in [1.29, 1.82) is 0 Å². The third-order valence-corrected chi connectivity index (χ3v) is 5.35. The third-order valence-electron chi connectivity index (χ3n) is 5.35. The fourth-order valence-corrected chi connectivity index (χ4v) is 3.69. The molecule has 1 aliphatic rings. The van der Waals surface area contributed by atoms with Gasteiger partial charge >= 0.3 is 0 Å². The Morgan fingerprint density at radius 3 is 2.45 bits per heavy atom. The number of imidazole rings is 1. The number of aromatic nitrogens is 2. The molecule has 172 valence electrons. The molecule has 0 saturated heterocycles. The standard InChI is InChI=1S/C23H21F3N4O3/c1-13-10-30(12-27-13)18-5-3-14(7-19(18)32)4-6-21-28-33-20(11-31)23(29(21)2)15-8-16(24)22(26)17(25)9-15/h3-10,12,20,23,31-32H,11H2,1-2H3/b6-4+/t20?,23-/m0/s1. The Morgan fingerprint density at radius 2 is 1.85 bits per heavy atom. The summed E-state index contributed by atoms with van der Waals surface area (Å²) in [6.07, 6.45) is 5.73. The van der Waals surface area contributed by atoms with Crippen LogP contribution >= 0.6 is 0 Å². The minimum absolute atomic E-state index is 0.0419. The Balaban J connectivity index is 1.59. The number of hydrogen-bond donors (Lipinski definition) is 2. The Bertz CT molecular complexity index is 1220. The number of halogens is 3. The number of aromatic hydroxyl groups is 1. The lowest BCUT2D eigenvalue weighted by Crippen LogP contribution is -2.43. The lowest BCUT2D eigenvalue weighted by Gasteiger charge is -2.37. The van der Waals surface area contributed by atoms with Gasteiger partial charge in [0.2, 0.25) is 0 Å². The number of aryl methyl sites for hydroxylation is 1. The molecule has 2 N–H and O–H groups in total. The predicted molar refractivity (Wildman–Crippen MR) is 115 cm³/mol. The highest BCUT2D eigenvalue weighted by Crippen LogP contribution is 2.31. The summed E-state index contributed by atoms with van der Waals surface area (Å²) in [4.78, 5) is 11.0. The largest absolute Gasteiger partial charge is 0.506 e. The second-order valence-corrected chi connectivity index (χ2v) is 7.63. The van der Waals surface area contributed by atoms with E-state index >= 15 is 0 Å². The van der Waals surface area contributed by atoms with Crippen molar-refractivity contribution in [2.75, 3.05) is 13.7 Å². The summed E-state index contributed by atoms with van der Waals surface area (Å²) in [5, 5.41) is 24.0. The van der Waals surface area contributed by atoms with Gasteiger partial charge in [0, 0.05) is 13.2 Å². The molecule has 1 aliphatic heterocycles. The molecular formula is C23H21F3N4O3. The zero-order valence-electron chi connectivity index (χ0n) is 17.8. The average molecular weight is 458 g/mol. The Kier molecular flexibility index (Phi) is 6.10. The minimum Gasteiger partial charge on any atom is -0.506 e. The first kappa shape index (κ1) is 22.4. The normalized spacial score (nSPS) is 18.5. The van der Waals surface area contributed by atoms with E-state index in [1.807, 2.05) is 6.92 Å². The molecule has 0 amide bonds. The molecule has 7 nitrogen and oxygen atoms in total. The molecule has 33 heavy (non-hydrogen) atoms. The summed E-state index contributed by atoms with van der Waals surface area (Å²) >= 11 is 0. The van der Waals surface area contributed by atoms with Crippen molar-refractivity contribution in [3.05, 3.63) is 83.2 Å². The molecule has 0 radical (unpaired) electrons. The number of phenolic OH excluding ortho intramolecular Hbond substituents is 1. The SMILES string of the molecule is Cc1cn(-c2ccc(/C=C/C3=NOC(CO)[C@H](c4cc(F)c(F)c(F)c4)N3C)cc2O)cn1. The molecule has 0 spiro atoms. The molecule has 0 fully saturated rings. The number of likely N-dealkylation sites (N-methyl/N-ethyl adjacent to an activating group) is 1. The van der Waals surface area contributed by atoms with E-state index in [1.54, 1.807) is 59.4 Å². The van der Waals surface area contributed by atoms with Gasteiger partial charge in [-0.25, -0.2) is 18.2 Å². The lowest BCUT2D eigenvalue weighted by atomic mass is 9.99. The minimum atomic E-state index is -1.57. The van der Waals surface area contributed by atoms with E-state index < -0.39 is 36.2 Å². The zero-order valence-corrected chi connectivity index (χ0v) is 17.8. The van der Waals surface area contributed by atoms with Crippen LogP contribution in [0.5, 0.6) is 5.75 Å². The first-order valence-corrected chi connectivity index (χ1v) is 10.0. The van der Waals surface area contributed by atoms with Gasteiger partial charge in [0.25, 0.3) is 0 Å². The Morgan fingerprint density at radius 1 is 1.12 bits per heavy atom. The molecule has 1 unspecified atom stereocenters. The summed E-state index contributed by atoms with van der Waals surface area (Å²) in [6.45, 7) is 1.37. The highest BCUT2D eigenvalue weighted by molar-refractivity contribution is 5.96. The summed E-state index contributed by atoms with van der Waals surface area (Å²) in [5.41, 5.74) is 2.12. The maximum Gasteiger partial charge on any atom is 0.194 e. The van der Waals surface area contributed by atoms with Crippen molar-refractivity contribution in [1.82, 2.24) is 14.5 Å². The number of benzene rings is 2. The van der Waals surface area contributed by atoms with Gasteiger partial charge in [-0.1, -0.05) is 17.3 Å². The van der Waals surface area contributed by atoms with Crippen LogP contribution in [0.1, 0.15) is 22.9 Å². The van der Waals surface area contributed by atoms with Gasteiger partial charge in [0.05, 0.1) is 30.4 Å². The molecule has 4 rings (SSSR count). The van der Waals surface area contributed by atoms with Crippen LogP contribution in [-0.4, -0.2) is 50.3 Å². The van der Waals surface area contributed by atoms with Gasteiger partial charge < -0.3 is 24.5 Å². The van der Waals surface area contributed by atoms with E-state index in [2.05, 4.69) is 10.1 Å². The topological polar surface area (TPSA) is 83.1 Å². The number of aliphatic hydroxyl groups excluding tert-OH is 1. The highest BCUT2D eigenvalue weighted by atomic mass is 19.2. The fourth-order valence-electron chi connectivity index (χ4n) is 3.69. The molecule has 0 saturated carbocycles. The number of aliphatic hydroxyl groups is 1. The average Bonchev–Trinajstić information content (AvgIpc) is 3.22. The molecule has 2 atom stereocenters. The van der Waals surface area contributed by atoms with Crippen LogP contribution in [0.25, 0.3) is 11.8 Å². The van der Waals surface area contributed by atoms with E-state index in [0.29, 0.717) is 17.1 Å². The molecule has 2 aromatic carbocycles. The van der Waals surface area contributed by atoms with Gasteiger partial charge in [0.15, 0.2) is 29.4 Å². The number of hydrogen-bond acceptors (Lipinski definition) is 6. The van der Waals surface area contributed by atoms with Gasteiger partial charge in [0.1, 0.15) is 5.75 Å². The van der Waals surface area contributed by atoms with Crippen molar-refractivity contribution < 1.29 is 28.2 Å². The van der Waals surface area contributed by atoms with E-state index in [0.717, 1.165) is 17.8 Å². The first-order valence-electron chi connectivity index (χ1n) is 10.0. The molecule has 0 aliphatic carbocycles. The molecule has 3 aromatic rings. The number of nitrogens with zero attached hydrogens (tertiary/aromatic N) is 4. The monoisotopic (exact) mass is 458 g/mol. The smallest absolute Gasteiger partial charge is 0.194 e. The van der Waals surface area contributed by atoms with Crippen molar-refractivity contribution in [2.45, 2.75) is 19.1 Å². The van der Waals surface area contributed by atoms with E-state index in [4.69, 9.17) is 4.84 Å². The van der Waals surface area contributed by atoms with Crippen LogP contribution in [-0.2, 0) is 4.84 Å². The van der Waals surface area contributed by atoms with Crippen molar-refractivity contribution >= 4 is 11.9 Å². The van der Waals surface area contributed by atoms with E-state index in [-0.39, 0.29) is 11.3 Å². The molecular weight excluding hydrogens is 437 g/mol. The fraction of sp³-hybridized carbons (Fsp3) is 0.217. The van der Waals surface area contributed by atoms with Crippen molar-refractivity contribution in [3.8, 4) is 11.4 Å². The first-order chi connectivity index (χ1) is 15.8. The number of oxime groups is 1. The van der Waals surface area contributed by atoms with Crippen LogP contribution in [0, 0.1) is 24.4 Å². The van der Waals surface area contributed by atoms with Crippen LogP contribution in [0.4, 0.5) is 13.2 Å². The van der Waals surface area contributed by atoms with Gasteiger partial charge in [-0.15, -0.1) is 0 Å². The maximum atomic E-state index is 13.8. The maximum absolute atomic E-state index is 13.8. The number of rotatable bonds is 5. The summed E-state index contributed by atoms with van der Waals surface area (Å²) in [6, 6.07) is 5.98. The quantitative estimate of drug-likeness (QED) is 0.570. The number of amidine groups is 1. The van der Waals surface area contributed by atoms with Crippen molar-refractivity contribution in [2.24, 2.45) is 5.16 Å². The summed E-state index contributed by atoms with van der Waals surface area (Å²) in [5.74, 6) is -3.90. The second kappa shape index (κ2) is 8.99. The van der Waals surface area contributed by atoms with Crippen LogP contribution in [0.2, 0.25) is 0 Å². The molecule has 1 aromatic heterocycles. The van der Waals surface area contributed by atoms with Crippen LogP contribution in [0.3, 0.4) is 0 Å². The predicted octanol–water partition coefficient (Wildman–Crippen LogP) is 3.69. The summed E-state index contributed by atoms with van der Waals surface area (Å²) in [7, 11) is 1.61. The van der Waals surface area contributed by atoms with Crippen molar-refractivity contribution in [3.63, 3.8) is 0 Å². The van der Waals surface area contributed by atoms with E-state index in [1.165, 1.54) is 0 Å².